The van der Waals surface area contributed by atoms with Gasteiger partial charge in [-0.3, -0.25) is 0 Å². The molecule has 0 aliphatic heterocycles. The molecule has 0 saturated carbocycles. The lowest BCUT2D eigenvalue weighted by atomic mass is 10.2. The second-order valence-corrected chi connectivity index (χ2v) is 5.71. The van der Waals surface area contributed by atoms with Crippen molar-refractivity contribution in [2.75, 3.05) is 11.4 Å². The van der Waals surface area contributed by atoms with E-state index in [4.69, 9.17) is 0 Å². The van der Waals surface area contributed by atoms with E-state index in [9.17, 15) is 4.39 Å². The molecule has 0 fully saturated rings. The molecular weight excluding hydrogens is 349 g/mol. The van der Waals surface area contributed by atoms with Gasteiger partial charge in [0.05, 0.1) is 5.39 Å². The van der Waals surface area contributed by atoms with Crippen molar-refractivity contribution in [2.45, 2.75) is 13.5 Å². The molecule has 0 amide bonds. The Bertz CT molecular complexity index is 817. The summed E-state index contributed by atoms with van der Waals surface area (Å²) >= 11 is 3.46. The number of aryl methyl sites for hydroxylation is 1. The summed E-state index contributed by atoms with van der Waals surface area (Å²) < 4.78 is 15.8. The van der Waals surface area contributed by atoms with Crippen molar-refractivity contribution in [1.82, 2.24) is 19.7 Å². The van der Waals surface area contributed by atoms with E-state index in [1.165, 1.54) is 12.4 Å². The molecule has 114 valence electrons. The van der Waals surface area contributed by atoms with Gasteiger partial charge in [-0.05, 0) is 40.5 Å². The van der Waals surface area contributed by atoms with E-state index in [-0.39, 0.29) is 5.82 Å². The SMILES string of the molecule is CCN(Cc1cccc(F)c1)c1ncnc2c1c(Br)nn2C. The second-order valence-electron chi connectivity index (χ2n) is 4.95. The van der Waals surface area contributed by atoms with Crippen LogP contribution >= 0.6 is 15.9 Å². The Labute approximate surface area is 135 Å². The lowest BCUT2D eigenvalue weighted by Crippen LogP contribution is -2.23. The first kappa shape index (κ1) is 14.9. The predicted octanol–water partition coefficient (Wildman–Crippen LogP) is 3.29. The van der Waals surface area contributed by atoms with Gasteiger partial charge in [-0.2, -0.15) is 5.10 Å². The zero-order chi connectivity index (χ0) is 15.7. The van der Waals surface area contributed by atoms with Crippen molar-refractivity contribution < 1.29 is 4.39 Å². The fourth-order valence-electron chi connectivity index (χ4n) is 2.46. The van der Waals surface area contributed by atoms with Gasteiger partial charge < -0.3 is 4.90 Å². The monoisotopic (exact) mass is 363 g/mol. The molecule has 3 aromatic rings. The van der Waals surface area contributed by atoms with E-state index in [2.05, 4.69) is 35.9 Å². The minimum Gasteiger partial charge on any atom is -0.352 e. The number of halogens is 2. The highest BCUT2D eigenvalue weighted by Crippen LogP contribution is 2.30. The molecule has 3 rings (SSSR count). The molecule has 0 atom stereocenters. The Morgan fingerprint density at radius 2 is 2.14 bits per heavy atom. The van der Waals surface area contributed by atoms with E-state index < -0.39 is 0 Å². The maximum atomic E-state index is 13.4. The summed E-state index contributed by atoms with van der Waals surface area (Å²) in [5.41, 5.74) is 1.66. The number of fused-ring (bicyclic) bond motifs is 1. The number of aromatic nitrogens is 4. The second kappa shape index (κ2) is 6.00. The molecule has 2 heterocycles. The molecule has 2 aromatic heterocycles. The van der Waals surface area contributed by atoms with Crippen LogP contribution in [-0.2, 0) is 13.6 Å². The third kappa shape index (κ3) is 2.68. The number of nitrogens with zero attached hydrogens (tertiary/aromatic N) is 5. The number of hydrogen-bond acceptors (Lipinski definition) is 4. The highest BCUT2D eigenvalue weighted by atomic mass is 79.9. The lowest BCUT2D eigenvalue weighted by molar-refractivity contribution is 0.624. The van der Waals surface area contributed by atoms with Crippen molar-refractivity contribution in [3.8, 4) is 0 Å². The average Bonchev–Trinajstić information content (AvgIpc) is 2.80. The molecule has 7 heteroatoms. The smallest absolute Gasteiger partial charge is 0.164 e. The molecule has 0 bridgehead atoms. The molecule has 0 N–H and O–H groups in total. The minimum absolute atomic E-state index is 0.232. The first-order chi connectivity index (χ1) is 10.6. The molecule has 1 aromatic carbocycles. The molecule has 0 saturated heterocycles. The van der Waals surface area contributed by atoms with Crippen molar-refractivity contribution in [3.05, 3.63) is 46.6 Å². The Balaban J connectivity index is 2.04. The Morgan fingerprint density at radius 1 is 1.32 bits per heavy atom. The van der Waals surface area contributed by atoms with Crippen molar-refractivity contribution in [3.63, 3.8) is 0 Å². The van der Waals surface area contributed by atoms with E-state index in [0.717, 1.165) is 29.0 Å². The lowest BCUT2D eigenvalue weighted by Gasteiger charge is -2.22. The largest absolute Gasteiger partial charge is 0.352 e. The molecule has 0 spiro atoms. The van der Waals surface area contributed by atoms with Gasteiger partial charge >= 0.3 is 0 Å². The zero-order valence-corrected chi connectivity index (χ0v) is 13.9. The number of anilines is 1. The van der Waals surface area contributed by atoms with Crippen molar-refractivity contribution in [1.29, 1.82) is 0 Å². The number of hydrogen-bond donors (Lipinski definition) is 0. The zero-order valence-electron chi connectivity index (χ0n) is 12.3. The first-order valence-corrected chi connectivity index (χ1v) is 7.72. The standard InChI is InChI=1S/C15H15BrFN5/c1-3-22(8-10-5-4-6-11(17)7-10)15-12-13(16)20-21(2)14(12)18-9-19-15/h4-7,9H,3,8H2,1-2H3. The average molecular weight is 364 g/mol. The summed E-state index contributed by atoms with van der Waals surface area (Å²) in [5.74, 6) is 0.556. The van der Waals surface area contributed by atoms with Crippen LogP contribution < -0.4 is 4.90 Å². The molecule has 0 unspecified atom stereocenters. The van der Waals surface area contributed by atoms with Gasteiger partial charge in [0.15, 0.2) is 5.65 Å². The summed E-state index contributed by atoms with van der Waals surface area (Å²) in [5, 5.41) is 5.20. The van der Waals surface area contributed by atoms with Gasteiger partial charge in [0.1, 0.15) is 22.6 Å². The van der Waals surface area contributed by atoms with Crippen LogP contribution in [0.2, 0.25) is 0 Å². The fourth-order valence-corrected chi connectivity index (χ4v) is 3.05. The molecule has 5 nitrogen and oxygen atoms in total. The van der Waals surface area contributed by atoms with Crippen LogP contribution in [0, 0.1) is 5.82 Å². The summed E-state index contributed by atoms with van der Waals surface area (Å²) in [6.45, 7) is 3.35. The van der Waals surface area contributed by atoms with E-state index in [1.807, 2.05) is 20.0 Å². The Hall–Kier alpha value is -2.02. The Morgan fingerprint density at radius 3 is 2.86 bits per heavy atom. The van der Waals surface area contributed by atoms with Crippen molar-refractivity contribution in [2.24, 2.45) is 7.05 Å². The first-order valence-electron chi connectivity index (χ1n) is 6.92. The van der Waals surface area contributed by atoms with Gasteiger partial charge in [-0.15, -0.1) is 0 Å². The van der Waals surface area contributed by atoms with Gasteiger partial charge in [-0.1, -0.05) is 12.1 Å². The quantitative estimate of drug-likeness (QED) is 0.713. The van der Waals surface area contributed by atoms with Crippen LogP contribution in [0.1, 0.15) is 12.5 Å². The van der Waals surface area contributed by atoms with Crippen LogP contribution in [0.25, 0.3) is 11.0 Å². The van der Waals surface area contributed by atoms with Crippen LogP contribution in [0.15, 0.2) is 35.2 Å². The number of rotatable bonds is 4. The highest BCUT2D eigenvalue weighted by molar-refractivity contribution is 9.10. The predicted molar refractivity (Wildman–Crippen MR) is 87.1 cm³/mol. The third-order valence-corrected chi connectivity index (χ3v) is 4.06. The summed E-state index contributed by atoms with van der Waals surface area (Å²) in [7, 11) is 1.84. The Kier molecular flexibility index (Phi) is 4.06. The number of benzene rings is 1. The summed E-state index contributed by atoms with van der Waals surface area (Å²) in [4.78, 5) is 10.8. The minimum atomic E-state index is -0.232. The van der Waals surface area contributed by atoms with E-state index in [1.54, 1.807) is 16.8 Å². The molecule has 22 heavy (non-hydrogen) atoms. The molecule has 0 aliphatic rings. The molecule has 0 radical (unpaired) electrons. The maximum Gasteiger partial charge on any atom is 0.164 e. The maximum absolute atomic E-state index is 13.4. The van der Waals surface area contributed by atoms with Crippen LogP contribution in [0.4, 0.5) is 10.2 Å². The van der Waals surface area contributed by atoms with E-state index >= 15 is 0 Å². The summed E-state index contributed by atoms with van der Waals surface area (Å²) in [6.07, 6.45) is 1.53. The molecular formula is C15H15BrFN5. The van der Waals surface area contributed by atoms with Crippen LogP contribution in [0.5, 0.6) is 0 Å². The topological polar surface area (TPSA) is 46.8 Å². The normalized spacial score (nSPS) is 11.1. The van der Waals surface area contributed by atoms with Gasteiger partial charge in [-0.25, -0.2) is 19.0 Å². The van der Waals surface area contributed by atoms with Crippen LogP contribution in [-0.4, -0.2) is 26.3 Å². The third-order valence-electron chi connectivity index (χ3n) is 3.50. The highest BCUT2D eigenvalue weighted by Gasteiger charge is 2.17. The van der Waals surface area contributed by atoms with Crippen LogP contribution in [0.3, 0.4) is 0 Å². The van der Waals surface area contributed by atoms with Crippen molar-refractivity contribution >= 4 is 32.8 Å². The molecule has 0 aliphatic carbocycles. The summed E-state index contributed by atoms with van der Waals surface area (Å²) in [6, 6.07) is 6.61. The van der Waals surface area contributed by atoms with Gasteiger partial charge in [0.25, 0.3) is 0 Å². The van der Waals surface area contributed by atoms with E-state index in [0.29, 0.717) is 11.1 Å². The van der Waals surface area contributed by atoms with Gasteiger partial charge in [0, 0.05) is 20.1 Å². The fraction of sp³-hybridized carbons (Fsp3) is 0.267. The van der Waals surface area contributed by atoms with Gasteiger partial charge in [0.2, 0.25) is 0 Å².